The average molecular weight is 672 g/mol. The van der Waals surface area contributed by atoms with Crippen molar-refractivity contribution in [2.45, 2.75) is 42.2 Å². The van der Waals surface area contributed by atoms with Crippen LogP contribution in [0.25, 0.3) is 0 Å². The minimum absolute atomic E-state index is 0.0328. The number of hydrogen-bond donors (Lipinski definition) is 1. The molecule has 46 heavy (non-hydrogen) atoms. The molecule has 1 aromatic heterocycles. The number of hydrogen-bond acceptors (Lipinski definition) is 8. The lowest BCUT2D eigenvalue weighted by Crippen LogP contribution is -2.67. The lowest BCUT2D eigenvalue weighted by molar-refractivity contribution is -0.124. The molecule has 0 radical (unpaired) electrons. The molecule has 3 aliphatic heterocycles. The molecule has 2 amide bonds. The first-order chi connectivity index (χ1) is 22.0. The van der Waals surface area contributed by atoms with Gasteiger partial charge in [0.05, 0.1) is 28.3 Å². The minimum Gasteiger partial charge on any atom is -0.478 e. The maximum Gasteiger partial charge on any atom is 0.407 e. The number of carboxylic acid groups (broad SMARTS) is 1. The highest BCUT2D eigenvalue weighted by molar-refractivity contribution is 7.93. The van der Waals surface area contributed by atoms with Crippen molar-refractivity contribution >= 4 is 39.3 Å². The number of halogens is 2. The molecule has 2 atom stereocenters. The number of carbonyl (C=O) groups excluding carboxylic acids is 1. The number of anilines is 1. The Hall–Kier alpha value is -3.78. The van der Waals surface area contributed by atoms with Gasteiger partial charge in [0.15, 0.2) is 0 Å². The number of likely N-dealkylation sites (tertiary alicyclic amines) is 1. The maximum atomic E-state index is 15.3. The van der Waals surface area contributed by atoms with Crippen LogP contribution in [0.1, 0.15) is 30.9 Å². The second-order valence-corrected chi connectivity index (χ2v) is 14.0. The van der Waals surface area contributed by atoms with E-state index in [2.05, 4.69) is 14.8 Å². The molecule has 0 bridgehead atoms. The van der Waals surface area contributed by atoms with E-state index in [0.717, 1.165) is 32.0 Å². The van der Waals surface area contributed by atoms with Crippen LogP contribution in [-0.4, -0.2) is 104 Å². The number of ether oxygens (including phenoxy) is 1. The summed E-state index contributed by atoms with van der Waals surface area (Å²) >= 11 is 6.39. The Morgan fingerprint density at radius 3 is 2.48 bits per heavy atom. The topological polar surface area (TPSA) is 124 Å². The first-order valence-electron chi connectivity index (χ1n) is 15.2. The molecule has 11 nitrogen and oxygen atoms in total. The van der Waals surface area contributed by atoms with Crippen LogP contribution >= 0.6 is 11.6 Å². The maximum absolute atomic E-state index is 15.3. The minimum atomic E-state index is -4.62. The number of carbonyl (C=O) groups is 2. The van der Waals surface area contributed by atoms with Gasteiger partial charge in [-0.1, -0.05) is 35.9 Å². The largest absolute Gasteiger partial charge is 0.478 e. The molecule has 0 aliphatic carbocycles. The second kappa shape index (κ2) is 12.4. The van der Waals surface area contributed by atoms with Gasteiger partial charge < -0.3 is 19.6 Å². The summed E-state index contributed by atoms with van der Waals surface area (Å²) in [6.07, 6.45) is 1.88. The van der Waals surface area contributed by atoms with Gasteiger partial charge in [-0.25, -0.2) is 26.9 Å². The van der Waals surface area contributed by atoms with E-state index in [0.29, 0.717) is 10.8 Å². The third-order valence-corrected chi connectivity index (χ3v) is 11.3. The molecule has 3 aromatic rings. The molecule has 244 valence electrons. The van der Waals surface area contributed by atoms with Gasteiger partial charge in [-0.15, -0.1) is 0 Å². The van der Waals surface area contributed by atoms with Crippen molar-refractivity contribution in [3.63, 3.8) is 0 Å². The van der Waals surface area contributed by atoms with E-state index in [9.17, 15) is 18.3 Å². The van der Waals surface area contributed by atoms with Crippen molar-refractivity contribution in [2.75, 3.05) is 50.7 Å². The van der Waals surface area contributed by atoms with Crippen LogP contribution in [0.5, 0.6) is 5.88 Å². The van der Waals surface area contributed by atoms with E-state index in [1.54, 1.807) is 25.1 Å². The Morgan fingerprint density at radius 1 is 1.09 bits per heavy atom. The molecule has 3 aliphatic rings. The quantitative estimate of drug-likeness (QED) is 0.396. The summed E-state index contributed by atoms with van der Waals surface area (Å²) < 4.78 is 50.5. The zero-order valence-electron chi connectivity index (χ0n) is 25.5. The normalized spacial score (nSPS) is 23.0. The molecule has 2 fully saturated rings. The number of aromatic nitrogens is 1. The smallest absolute Gasteiger partial charge is 0.407 e. The van der Waals surface area contributed by atoms with Crippen molar-refractivity contribution in [1.82, 2.24) is 19.7 Å². The van der Waals surface area contributed by atoms with Gasteiger partial charge in [-0.05, 0) is 64.2 Å². The third kappa shape index (κ3) is 5.19. The summed E-state index contributed by atoms with van der Waals surface area (Å²) in [6, 6.07) is 11.6. The number of sulfonamides is 1. The van der Waals surface area contributed by atoms with E-state index in [1.807, 2.05) is 7.05 Å². The molecule has 1 N–H and O–H groups in total. The van der Waals surface area contributed by atoms with Gasteiger partial charge in [0, 0.05) is 49.1 Å². The predicted molar refractivity (Wildman–Crippen MR) is 169 cm³/mol. The zero-order valence-corrected chi connectivity index (χ0v) is 27.0. The summed E-state index contributed by atoms with van der Waals surface area (Å²) in [4.78, 5) is 38.1. The number of rotatable bonds is 7. The first kappa shape index (κ1) is 32.2. The van der Waals surface area contributed by atoms with Crippen molar-refractivity contribution in [3.05, 3.63) is 82.8 Å². The summed E-state index contributed by atoms with van der Waals surface area (Å²) in [6.45, 7) is 4.19. The van der Waals surface area contributed by atoms with Gasteiger partial charge in [-0.2, -0.15) is 0 Å². The number of nitrogens with zero attached hydrogens (tertiary/aromatic N) is 5. The van der Waals surface area contributed by atoms with Gasteiger partial charge in [0.2, 0.25) is 5.88 Å². The highest BCUT2D eigenvalue weighted by Gasteiger charge is 2.64. The van der Waals surface area contributed by atoms with E-state index in [1.165, 1.54) is 41.4 Å². The van der Waals surface area contributed by atoms with Crippen molar-refractivity contribution in [2.24, 2.45) is 0 Å². The third-order valence-electron chi connectivity index (χ3n) is 9.32. The first-order valence-corrected chi connectivity index (χ1v) is 17.0. The molecule has 4 heterocycles. The number of benzene rings is 2. The molecular formula is C32H35ClFN5O6S. The van der Waals surface area contributed by atoms with Crippen LogP contribution in [0.15, 0.2) is 65.7 Å². The molecular weight excluding hydrogens is 637 g/mol. The Balaban J connectivity index is 1.65. The fraction of sp³-hybridized carbons (Fsp3) is 0.406. The molecule has 2 aromatic carbocycles. The summed E-state index contributed by atoms with van der Waals surface area (Å²) in [5.41, 5.74) is -2.06. The van der Waals surface area contributed by atoms with Gasteiger partial charge >= 0.3 is 6.09 Å². The van der Waals surface area contributed by atoms with Crippen LogP contribution in [0.2, 0.25) is 5.02 Å². The molecule has 6 rings (SSSR count). The van der Waals surface area contributed by atoms with E-state index >= 15 is 9.18 Å². The monoisotopic (exact) mass is 671 g/mol. The van der Waals surface area contributed by atoms with Gasteiger partial charge in [-0.3, -0.25) is 9.69 Å². The predicted octanol–water partition coefficient (Wildman–Crippen LogP) is 4.05. The Morgan fingerprint density at radius 2 is 1.80 bits per heavy atom. The molecule has 2 unspecified atom stereocenters. The van der Waals surface area contributed by atoms with Crippen molar-refractivity contribution in [1.29, 1.82) is 0 Å². The van der Waals surface area contributed by atoms with Crippen LogP contribution < -0.4 is 9.04 Å². The van der Waals surface area contributed by atoms with Crippen LogP contribution in [0, 0.1) is 5.82 Å². The summed E-state index contributed by atoms with van der Waals surface area (Å²) in [5, 5.41) is 10.2. The number of fused-ring (bicyclic) bond motifs is 1. The van der Waals surface area contributed by atoms with E-state index < -0.39 is 39.3 Å². The van der Waals surface area contributed by atoms with Crippen molar-refractivity contribution in [3.8, 4) is 5.88 Å². The summed E-state index contributed by atoms with van der Waals surface area (Å²) in [5.74, 6) is -1.87. The molecule has 2 saturated heterocycles. The fourth-order valence-electron chi connectivity index (χ4n) is 7.14. The number of piperazine rings is 1. The Kier molecular flexibility index (Phi) is 8.70. The zero-order chi connectivity index (χ0) is 32.8. The number of amides is 2. The van der Waals surface area contributed by atoms with Crippen LogP contribution in [0.4, 0.5) is 14.9 Å². The molecule has 0 saturated carbocycles. The summed E-state index contributed by atoms with van der Waals surface area (Å²) in [7, 11) is -2.58. The lowest BCUT2D eigenvalue weighted by atomic mass is 9.68. The van der Waals surface area contributed by atoms with Crippen LogP contribution in [-0.2, 0) is 20.2 Å². The average Bonchev–Trinajstić information content (AvgIpc) is 3.30. The van der Waals surface area contributed by atoms with Gasteiger partial charge in [0.25, 0.3) is 15.9 Å². The Bertz CT molecular complexity index is 1760. The molecule has 0 spiro atoms. The number of piperidine rings is 1. The fourth-order valence-corrected chi connectivity index (χ4v) is 8.79. The van der Waals surface area contributed by atoms with E-state index in [-0.39, 0.29) is 58.4 Å². The second-order valence-electron chi connectivity index (χ2n) is 11.8. The standard InChI is InChI=1S/C32H35ClFN5O6S/c1-3-45-29-23(10-7-13-35-29)32(28-20-37(16-17-38(28)31(41)42)21-11-14-36(2)15-12-21)24-18-25(33)26(34)19-27(24)39(30(32)40)46(43,44)22-8-5-4-6-9-22/h4-10,13,18-19,21,28H,3,11-12,14-17,20H2,1-2H3,(H,41,42). The highest BCUT2D eigenvalue weighted by Crippen LogP contribution is 2.54. The SMILES string of the molecule is CCOc1ncccc1C1(C2CN(C3CCN(C)CC3)CCN2C(=O)O)C(=O)N(S(=O)(=O)c2ccccc2)c2cc(F)c(Cl)cc21. The van der Waals surface area contributed by atoms with Crippen molar-refractivity contribution < 1.29 is 32.2 Å². The Labute approximate surface area is 272 Å². The molecule has 14 heteroatoms. The van der Waals surface area contributed by atoms with E-state index in [4.69, 9.17) is 16.3 Å². The number of pyridine rings is 1. The van der Waals surface area contributed by atoms with Gasteiger partial charge in [0.1, 0.15) is 11.2 Å². The van der Waals surface area contributed by atoms with Crippen LogP contribution in [0.3, 0.4) is 0 Å². The lowest BCUT2D eigenvalue weighted by Gasteiger charge is -2.50. The highest BCUT2D eigenvalue weighted by atomic mass is 35.5.